The van der Waals surface area contributed by atoms with Crippen LogP contribution in [0.25, 0.3) is 5.69 Å². The molecule has 0 unspecified atom stereocenters. The molecule has 3 aromatic rings. The van der Waals surface area contributed by atoms with E-state index < -0.39 is 17.7 Å². The van der Waals surface area contributed by atoms with Gasteiger partial charge >= 0.3 is 5.97 Å². The molecule has 1 atom stereocenters. The van der Waals surface area contributed by atoms with Crippen LogP contribution < -0.4 is 10.1 Å². The number of nitrogens with one attached hydrogen (secondary N) is 1. The predicted octanol–water partition coefficient (Wildman–Crippen LogP) is 3.36. The van der Waals surface area contributed by atoms with E-state index in [0.29, 0.717) is 24.0 Å². The number of rotatable bonds is 11. The summed E-state index contributed by atoms with van der Waals surface area (Å²) in [4.78, 5) is 29.6. The van der Waals surface area contributed by atoms with Crippen LogP contribution in [-0.4, -0.2) is 50.1 Å². The maximum Gasteiger partial charge on any atom is 0.335 e. The Bertz CT molecular complexity index is 1070. The minimum atomic E-state index is -1.14. The molecule has 174 valence electrons. The van der Waals surface area contributed by atoms with Gasteiger partial charge in [-0.15, -0.1) is 0 Å². The van der Waals surface area contributed by atoms with Crippen LogP contribution in [0.5, 0.6) is 5.88 Å². The molecule has 3 rings (SSSR count). The van der Waals surface area contributed by atoms with E-state index in [2.05, 4.69) is 34.3 Å². The molecule has 0 aliphatic rings. The lowest BCUT2D eigenvalue weighted by Crippen LogP contribution is -2.33. The Kier molecular flexibility index (Phi) is 8.06. The van der Waals surface area contributed by atoms with E-state index in [4.69, 9.17) is 4.74 Å². The number of aromatic carboxylic acids is 1. The van der Waals surface area contributed by atoms with Crippen molar-refractivity contribution < 1.29 is 23.8 Å². The quantitative estimate of drug-likeness (QED) is 0.455. The third kappa shape index (κ3) is 6.83. The number of hydrogen-bond donors (Lipinski definition) is 2. The minimum absolute atomic E-state index is 0.0156. The molecule has 0 aliphatic carbocycles. The number of ether oxygens (including phenoxy) is 1. The van der Waals surface area contributed by atoms with Gasteiger partial charge < -0.3 is 15.2 Å². The molecule has 9 nitrogen and oxygen atoms in total. The highest BCUT2D eigenvalue weighted by molar-refractivity contribution is 6.00. The Morgan fingerprint density at radius 3 is 2.55 bits per heavy atom. The average Bonchev–Trinajstić information content (AvgIpc) is 3.33. The molecular weight excluding hydrogens is 429 g/mol. The Labute approximate surface area is 190 Å². The molecule has 1 aromatic carbocycles. The maximum atomic E-state index is 13.1. The number of carbonyl (C=O) groups excluding carboxylic acids is 1. The zero-order valence-electron chi connectivity index (χ0n) is 18.4. The zero-order chi connectivity index (χ0) is 23.8. The number of amides is 1. The summed E-state index contributed by atoms with van der Waals surface area (Å²) in [6.07, 6.45) is 5.74. The van der Waals surface area contributed by atoms with E-state index in [1.54, 1.807) is 0 Å². The summed E-state index contributed by atoms with van der Waals surface area (Å²) in [5, 5.41) is 20.3. The largest absolute Gasteiger partial charge is 0.478 e. The van der Waals surface area contributed by atoms with E-state index in [1.807, 2.05) is 0 Å². The Morgan fingerprint density at radius 1 is 1.15 bits per heavy atom. The van der Waals surface area contributed by atoms with Crippen LogP contribution in [0.1, 0.15) is 47.4 Å². The second kappa shape index (κ2) is 11.2. The van der Waals surface area contributed by atoms with Crippen LogP contribution in [0.2, 0.25) is 0 Å². The SMILES string of the molecule is CC(C)CC[C@H](CNC(=O)c1cc(C(=O)O)ccc1-n1nccn1)COc1ccc(F)cn1. The minimum Gasteiger partial charge on any atom is -0.478 e. The molecule has 10 heteroatoms. The molecule has 0 aliphatic heterocycles. The summed E-state index contributed by atoms with van der Waals surface area (Å²) in [5.74, 6) is -1.29. The number of halogens is 1. The van der Waals surface area contributed by atoms with Gasteiger partial charge in [-0.3, -0.25) is 4.79 Å². The maximum absolute atomic E-state index is 13.1. The number of pyridine rings is 1. The Balaban J connectivity index is 1.72. The van der Waals surface area contributed by atoms with Crippen molar-refractivity contribution in [1.29, 1.82) is 0 Å². The van der Waals surface area contributed by atoms with Gasteiger partial charge in [0.1, 0.15) is 5.82 Å². The van der Waals surface area contributed by atoms with Crippen LogP contribution in [0.4, 0.5) is 4.39 Å². The molecule has 0 radical (unpaired) electrons. The first-order valence-corrected chi connectivity index (χ1v) is 10.6. The number of nitrogens with zero attached hydrogens (tertiary/aromatic N) is 4. The second-order valence-corrected chi connectivity index (χ2v) is 8.03. The van der Waals surface area contributed by atoms with Crippen molar-refractivity contribution in [1.82, 2.24) is 25.3 Å². The molecule has 2 heterocycles. The van der Waals surface area contributed by atoms with Gasteiger partial charge in [-0.2, -0.15) is 15.0 Å². The highest BCUT2D eigenvalue weighted by Crippen LogP contribution is 2.18. The molecule has 33 heavy (non-hydrogen) atoms. The van der Waals surface area contributed by atoms with Crippen molar-refractivity contribution >= 4 is 11.9 Å². The van der Waals surface area contributed by atoms with Gasteiger partial charge in [0.25, 0.3) is 5.91 Å². The highest BCUT2D eigenvalue weighted by Gasteiger charge is 2.19. The fraction of sp³-hybridized carbons (Fsp3) is 0.348. The lowest BCUT2D eigenvalue weighted by Gasteiger charge is -2.19. The smallest absolute Gasteiger partial charge is 0.335 e. The monoisotopic (exact) mass is 455 g/mol. The number of carbonyl (C=O) groups is 2. The predicted molar refractivity (Wildman–Crippen MR) is 118 cm³/mol. The summed E-state index contributed by atoms with van der Waals surface area (Å²) < 4.78 is 18.8. The van der Waals surface area contributed by atoms with Gasteiger partial charge in [-0.05, 0) is 36.6 Å². The van der Waals surface area contributed by atoms with E-state index in [-0.39, 0.29) is 23.7 Å². The Morgan fingerprint density at radius 2 is 1.91 bits per heavy atom. The van der Waals surface area contributed by atoms with Crippen molar-refractivity contribution in [3.05, 3.63) is 65.9 Å². The summed E-state index contributed by atoms with van der Waals surface area (Å²) in [6.45, 7) is 4.81. The summed E-state index contributed by atoms with van der Waals surface area (Å²) >= 11 is 0. The molecule has 0 bridgehead atoms. The number of hydrogen-bond acceptors (Lipinski definition) is 6. The summed E-state index contributed by atoms with van der Waals surface area (Å²) in [5.41, 5.74) is 0.501. The van der Waals surface area contributed by atoms with Crippen LogP contribution in [0.15, 0.2) is 48.9 Å². The summed E-state index contributed by atoms with van der Waals surface area (Å²) in [7, 11) is 0. The third-order valence-corrected chi connectivity index (χ3v) is 4.99. The van der Waals surface area contributed by atoms with Crippen molar-refractivity contribution in [2.75, 3.05) is 13.2 Å². The molecular formula is C23H26FN5O4. The lowest BCUT2D eigenvalue weighted by atomic mass is 9.98. The molecule has 1 amide bonds. The van der Waals surface area contributed by atoms with Gasteiger partial charge in [-0.25, -0.2) is 14.2 Å². The van der Waals surface area contributed by atoms with Crippen molar-refractivity contribution in [3.63, 3.8) is 0 Å². The Hall–Kier alpha value is -3.82. The van der Waals surface area contributed by atoms with Gasteiger partial charge in [0.05, 0.1) is 42.0 Å². The normalized spacial score (nSPS) is 11.9. The van der Waals surface area contributed by atoms with Gasteiger partial charge in [0.2, 0.25) is 5.88 Å². The number of aromatic nitrogens is 4. The second-order valence-electron chi connectivity index (χ2n) is 8.03. The van der Waals surface area contributed by atoms with E-state index in [0.717, 1.165) is 19.0 Å². The summed E-state index contributed by atoms with van der Waals surface area (Å²) in [6, 6.07) is 6.92. The van der Waals surface area contributed by atoms with Crippen molar-refractivity contribution in [2.24, 2.45) is 11.8 Å². The molecule has 2 N–H and O–H groups in total. The van der Waals surface area contributed by atoms with Crippen LogP contribution in [-0.2, 0) is 0 Å². The number of carboxylic acids is 1. The zero-order valence-corrected chi connectivity index (χ0v) is 18.4. The number of benzene rings is 1. The first-order chi connectivity index (χ1) is 15.8. The standard InChI is InChI=1S/C23H26FN5O4/c1-15(2)3-4-16(14-33-21-8-6-18(24)13-25-21)12-26-22(30)19-11-17(23(31)32)5-7-20(19)29-27-9-10-28-29/h5-11,13,15-16H,3-4,12,14H2,1-2H3,(H,26,30)(H,31,32)/t16-/m1/s1. The molecule has 0 saturated heterocycles. The van der Waals surface area contributed by atoms with Gasteiger partial charge in [0, 0.05) is 18.5 Å². The third-order valence-electron chi connectivity index (χ3n) is 4.99. The topological polar surface area (TPSA) is 119 Å². The molecule has 0 fully saturated rings. The van der Waals surface area contributed by atoms with Crippen LogP contribution in [0, 0.1) is 17.7 Å². The van der Waals surface area contributed by atoms with E-state index in [1.165, 1.54) is 47.5 Å². The first kappa shape index (κ1) is 23.8. The number of carboxylic acid groups (broad SMARTS) is 1. The average molecular weight is 455 g/mol. The highest BCUT2D eigenvalue weighted by atomic mass is 19.1. The van der Waals surface area contributed by atoms with Crippen LogP contribution in [0.3, 0.4) is 0 Å². The van der Waals surface area contributed by atoms with Gasteiger partial charge in [0.15, 0.2) is 0 Å². The molecule has 0 saturated carbocycles. The molecule has 0 spiro atoms. The van der Waals surface area contributed by atoms with Crippen molar-refractivity contribution in [3.8, 4) is 11.6 Å². The lowest BCUT2D eigenvalue weighted by molar-refractivity contribution is 0.0697. The van der Waals surface area contributed by atoms with E-state index in [9.17, 15) is 19.1 Å². The fourth-order valence-corrected chi connectivity index (χ4v) is 3.16. The fourth-order valence-electron chi connectivity index (χ4n) is 3.16. The van der Waals surface area contributed by atoms with Gasteiger partial charge in [-0.1, -0.05) is 20.3 Å². The first-order valence-electron chi connectivity index (χ1n) is 10.6. The van der Waals surface area contributed by atoms with Crippen LogP contribution >= 0.6 is 0 Å². The van der Waals surface area contributed by atoms with Crippen molar-refractivity contribution in [2.45, 2.75) is 26.7 Å². The van der Waals surface area contributed by atoms with E-state index >= 15 is 0 Å². The molecule has 2 aromatic heterocycles.